The quantitative estimate of drug-likeness (QED) is 0.651. The summed E-state index contributed by atoms with van der Waals surface area (Å²) in [7, 11) is 0. The molecule has 3 nitrogen and oxygen atoms in total. The maximum Gasteiger partial charge on any atom is 0.226 e. The van der Waals surface area contributed by atoms with Crippen LogP contribution in [-0.2, 0) is 11.2 Å². The molecule has 0 bridgehead atoms. The Morgan fingerprint density at radius 1 is 1.50 bits per heavy atom. The van der Waals surface area contributed by atoms with Crippen molar-refractivity contribution in [2.45, 2.75) is 12.8 Å². The lowest BCUT2D eigenvalue weighted by molar-refractivity contribution is -0.120. The van der Waals surface area contributed by atoms with Crippen molar-refractivity contribution in [2.24, 2.45) is 0 Å². The van der Waals surface area contributed by atoms with Crippen LogP contribution < -0.4 is 5.32 Å². The number of rotatable bonds is 6. The lowest BCUT2D eigenvalue weighted by atomic mass is 10.3. The highest BCUT2D eigenvalue weighted by molar-refractivity contribution is 7.14. The molecule has 94 valence electrons. The molecule has 0 saturated carbocycles. The zero-order chi connectivity index (χ0) is 12.8. The topological polar surface area (TPSA) is 42.0 Å². The average Bonchev–Trinajstić information content (AvgIpc) is 2.98. The van der Waals surface area contributed by atoms with E-state index in [1.165, 1.54) is 0 Å². The molecule has 0 aliphatic rings. The summed E-state index contributed by atoms with van der Waals surface area (Å²) in [6, 6.07) is 2.04. The molecule has 1 amide bonds. The largest absolute Gasteiger partial charge is 0.355 e. The van der Waals surface area contributed by atoms with Crippen LogP contribution in [-0.4, -0.2) is 17.4 Å². The van der Waals surface area contributed by atoms with Gasteiger partial charge in [-0.25, -0.2) is 4.98 Å². The van der Waals surface area contributed by atoms with Gasteiger partial charge < -0.3 is 5.32 Å². The van der Waals surface area contributed by atoms with Gasteiger partial charge in [0.2, 0.25) is 5.91 Å². The summed E-state index contributed by atoms with van der Waals surface area (Å²) in [6.45, 7) is 4.26. The smallest absolute Gasteiger partial charge is 0.226 e. The molecule has 0 saturated heterocycles. The third kappa shape index (κ3) is 3.51. The van der Waals surface area contributed by atoms with Crippen molar-refractivity contribution in [3.63, 3.8) is 0 Å². The summed E-state index contributed by atoms with van der Waals surface area (Å²) in [5, 5.41) is 9.84. The minimum atomic E-state index is 0.0130. The van der Waals surface area contributed by atoms with Gasteiger partial charge in [0.25, 0.3) is 0 Å². The standard InChI is InChI=1S/C13H14N2OS2/c1-2-3-5-14-12(16)7-11-9-18-13(15-11)10-4-6-17-8-10/h2,4,6,8-9H,1,3,5,7H2,(H,14,16). The van der Waals surface area contributed by atoms with Crippen LogP contribution in [0.1, 0.15) is 12.1 Å². The lowest BCUT2D eigenvalue weighted by Gasteiger charge is -2.00. The summed E-state index contributed by atoms with van der Waals surface area (Å²) >= 11 is 3.23. The Morgan fingerprint density at radius 2 is 2.39 bits per heavy atom. The molecule has 5 heteroatoms. The average molecular weight is 278 g/mol. The summed E-state index contributed by atoms with van der Waals surface area (Å²) < 4.78 is 0. The Balaban J connectivity index is 1.90. The summed E-state index contributed by atoms with van der Waals surface area (Å²) in [6.07, 6.45) is 2.93. The molecule has 2 aromatic heterocycles. The van der Waals surface area contributed by atoms with Gasteiger partial charge in [-0.2, -0.15) is 11.3 Å². The van der Waals surface area contributed by atoms with Crippen LogP contribution in [0.2, 0.25) is 0 Å². The molecule has 0 atom stereocenters. The fraction of sp³-hybridized carbons (Fsp3) is 0.231. The first-order valence-corrected chi connectivity index (χ1v) is 7.46. The summed E-state index contributed by atoms with van der Waals surface area (Å²) in [4.78, 5) is 16.1. The van der Waals surface area contributed by atoms with Crippen molar-refractivity contribution in [2.75, 3.05) is 6.54 Å². The minimum absolute atomic E-state index is 0.0130. The van der Waals surface area contributed by atoms with Gasteiger partial charge in [0.15, 0.2) is 0 Å². The fourth-order valence-electron chi connectivity index (χ4n) is 1.45. The first-order chi connectivity index (χ1) is 8.79. The van der Waals surface area contributed by atoms with Crippen LogP contribution in [0.15, 0.2) is 34.9 Å². The molecule has 1 N–H and O–H groups in total. The Kier molecular flexibility index (Phi) is 4.66. The predicted octanol–water partition coefficient (Wildman–Crippen LogP) is 3.11. The van der Waals surface area contributed by atoms with Gasteiger partial charge in [0, 0.05) is 22.9 Å². The number of carbonyl (C=O) groups excluding carboxylic acids is 1. The van der Waals surface area contributed by atoms with E-state index in [4.69, 9.17) is 0 Å². The fourth-order valence-corrected chi connectivity index (χ4v) is 2.98. The molecule has 0 unspecified atom stereocenters. The highest BCUT2D eigenvalue weighted by Gasteiger charge is 2.08. The Morgan fingerprint density at radius 3 is 3.11 bits per heavy atom. The zero-order valence-electron chi connectivity index (χ0n) is 9.89. The van der Waals surface area contributed by atoms with E-state index in [1.807, 2.05) is 16.8 Å². The van der Waals surface area contributed by atoms with E-state index in [0.717, 1.165) is 22.7 Å². The number of hydrogen-bond acceptors (Lipinski definition) is 4. The number of amides is 1. The molecule has 0 aliphatic carbocycles. The van der Waals surface area contributed by atoms with Gasteiger partial charge >= 0.3 is 0 Å². The number of thiazole rings is 1. The van der Waals surface area contributed by atoms with Crippen molar-refractivity contribution in [1.29, 1.82) is 0 Å². The van der Waals surface area contributed by atoms with Crippen LogP contribution in [0.5, 0.6) is 0 Å². The molecule has 2 aromatic rings. The third-order valence-electron chi connectivity index (χ3n) is 2.33. The molecule has 0 radical (unpaired) electrons. The normalized spacial score (nSPS) is 10.2. The minimum Gasteiger partial charge on any atom is -0.355 e. The molecular weight excluding hydrogens is 264 g/mol. The molecule has 18 heavy (non-hydrogen) atoms. The van der Waals surface area contributed by atoms with E-state index in [-0.39, 0.29) is 5.91 Å². The Bertz CT molecular complexity index is 517. The van der Waals surface area contributed by atoms with E-state index in [2.05, 4.69) is 22.3 Å². The van der Waals surface area contributed by atoms with E-state index < -0.39 is 0 Å². The maximum absolute atomic E-state index is 11.6. The molecule has 0 aliphatic heterocycles. The van der Waals surface area contributed by atoms with Gasteiger partial charge in [-0.05, 0) is 17.9 Å². The summed E-state index contributed by atoms with van der Waals surface area (Å²) in [5.74, 6) is 0.0130. The number of hydrogen-bond donors (Lipinski definition) is 1. The van der Waals surface area contributed by atoms with Gasteiger partial charge in [-0.3, -0.25) is 4.79 Å². The Labute approximate surface area is 114 Å². The number of aromatic nitrogens is 1. The first-order valence-electron chi connectivity index (χ1n) is 5.64. The lowest BCUT2D eigenvalue weighted by Crippen LogP contribution is -2.25. The second-order valence-electron chi connectivity index (χ2n) is 3.76. The van der Waals surface area contributed by atoms with Crippen LogP contribution >= 0.6 is 22.7 Å². The van der Waals surface area contributed by atoms with Crippen molar-refractivity contribution < 1.29 is 4.79 Å². The molecular formula is C13H14N2OS2. The van der Waals surface area contributed by atoms with Gasteiger partial charge in [-0.1, -0.05) is 6.08 Å². The molecule has 0 aromatic carbocycles. The molecule has 2 heterocycles. The maximum atomic E-state index is 11.6. The second kappa shape index (κ2) is 6.47. The first kappa shape index (κ1) is 13.0. The van der Waals surface area contributed by atoms with Gasteiger partial charge in [0.1, 0.15) is 5.01 Å². The SMILES string of the molecule is C=CCCNC(=O)Cc1csc(-c2ccsc2)n1. The molecule has 2 rings (SSSR count). The van der Waals surface area contributed by atoms with Crippen molar-refractivity contribution in [1.82, 2.24) is 10.3 Å². The molecule has 0 spiro atoms. The monoisotopic (exact) mass is 278 g/mol. The van der Waals surface area contributed by atoms with Crippen LogP contribution in [0.3, 0.4) is 0 Å². The molecule has 0 fully saturated rings. The summed E-state index contributed by atoms with van der Waals surface area (Å²) in [5.41, 5.74) is 1.96. The number of nitrogens with zero attached hydrogens (tertiary/aromatic N) is 1. The van der Waals surface area contributed by atoms with E-state index in [9.17, 15) is 4.79 Å². The van der Waals surface area contributed by atoms with E-state index in [0.29, 0.717) is 13.0 Å². The third-order valence-corrected chi connectivity index (χ3v) is 3.96. The van der Waals surface area contributed by atoms with Gasteiger partial charge in [0.05, 0.1) is 12.1 Å². The van der Waals surface area contributed by atoms with Gasteiger partial charge in [-0.15, -0.1) is 17.9 Å². The van der Waals surface area contributed by atoms with Crippen molar-refractivity contribution in [3.8, 4) is 10.6 Å². The van der Waals surface area contributed by atoms with Crippen molar-refractivity contribution in [3.05, 3.63) is 40.6 Å². The van der Waals surface area contributed by atoms with Crippen LogP contribution in [0, 0.1) is 0 Å². The van der Waals surface area contributed by atoms with E-state index >= 15 is 0 Å². The van der Waals surface area contributed by atoms with Crippen LogP contribution in [0.4, 0.5) is 0 Å². The number of carbonyl (C=O) groups is 1. The predicted molar refractivity (Wildman–Crippen MR) is 77.0 cm³/mol. The van der Waals surface area contributed by atoms with E-state index in [1.54, 1.807) is 28.7 Å². The van der Waals surface area contributed by atoms with Crippen molar-refractivity contribution >= 4 is 28.6 Å². The van der Waals surface area contributed by atoms with Crippen LogP contribution in [0.25, 0.3) is 10.6 Å². The highest BCUT2D eigenvalue weighted by Crippen LogP contribution is 2.25. The second-order valence-corrected chi connectivity index (χ2v) is 5.40. The zero-order valence-corrected chi connectivity index (χ0v) is 11.5. The Hall–Kier alpha value is -1.46. The number of nitrogens with one attached hydrogen (secondary N) is 1. The number of thiophene rings is 1. The highest BCUT2D eigenvalue weighted by atomic mass is 32.1.